The quantitative estimate of drug-likeness (QED) is 0.833. The molecular weight excluding hydrogens is 393 g/mol. The van der Waals surface area contributed by atoms with Gasteiger partial charge in [0.2, 0.25) is 0 Å². The van der Waals surface area contributed by atoms with Crippen LogP contribution >= 0.6 is 11.6 Å². The average molecular weight is 414 g/mol. The second-order valence-electron chi connectivity index (χ2n) is 6.63. The number of rotatable bonds is 4. The summed E-state index contributed by atoms with van der Waals surface area (Å²) in [6, 6.07) is 4.96. The van der Waals surface area contributed by atoms with E-state index in [0.29, 0.717) is 24.5 Å². The molecule has 0 bridgehead atoms. The monoisotopic (exact) mass is 413 g/mol. The number of halogens is 2. The minimum Gasteiger partial charge on any atom is -0.343 e. The lowest BCUT2D eigenvalue weighted by molar-refractivity contribution is 0.0714. The van der Waals surface area contributed by atoms with Crippen LogP contribution in [0.4, 0.5) is 10.1 Å². The molecule has 1 amide bonds. The fraction of sp³-hybridized carbons (Fsp3) is 0.389. The lowest BCUT2D eigenvalue weighted by Crippen LogP contribution is -2.36. The maximum Gasteiger partial charge on any atom is 0.270 e. The Balaban J connectivity index is 1.91. The van der Waals surface area contributed by atoms with Crippen molar-refractivity contribution in [1.82, 2.24) is 9.47 Å². The SMILES string of the molecule is Cc1c(S(=O)(=O)Nc2ccc(F)c(Cl)c2)cc(C(=O)N2CCCCC2)n1C. The lowest BCUT2D eigenvalue weighted by Gasteiger charge is -2.26. The van der Waals surface area contributed by atoms with Gasteiger partial charge < -0.3 is 9.47 Å². The maximum absolute atomic E-state index is 13.3. The first-order chi connectivity index (χ1) is 12.7. The van der Waals surface area contributed by atoms with Gasteiger partial charge in [-0.2, -0.15) is 0 Å². The van der Waals surface area contributed by atoms with E-state index in [-0.39, 0.29) is 21.5 Å². The summed E-state index contributed by atoms with van der Waals surface area (Å²) in [6.45, 7) is 2.99. The largest absolute Gasteiger partial charge is 0.343 e. The molecule has 2 heterocycles. The van der Waals surface area contributed by atoms with Gasteiger partial charge in [-0.05, 0) is 50.5 Å². The highest BCUT2D eigenvalue weighted by atomic mass is 35.5. The molecule has 1 aromatic heterocycles. The van der Waals surface area contributed by atoms with Crippen molar-refractivity contribution < 1.29 is 17.6 Å². The van der Waals surface area contributed by atoms with Gasteiger partial charge in [0.15, 0.2) is 0 Å². The molecule has 0 spiro atoms. The minimum absolute atomic E-state index is 0.00538. The van der Waals surface area contributed by atoms with Crippen molar-refractivity contribution in [3.8, 4) is 0 Å². The van der Waals surface area contributed by atoms with Gasteiger partial charge in [-0.15, -0.1) is 0 Å². The first-order valence-corrected chi connectivity index (χ1v) is 10.5. The molecule has 3 rings (SSSR count). The third kappa shape index (κ3) is 3.96. The first-order valence-electron chi connectivity index (χ1n) is 8.64. The van der Waals surface area contributed by atoms with E-state index in [0.717, 1.165) is 25.3 Å². The summed E-state index contributed by atoms with van der Waals surface area (Å²) < 4.78 is 42.9. The normalized spacial score (nSPS) is 15.0. The predicted octanol–water partition coefficient (Wildman–Crippen LogP) is 3.55. The molecule has 6 nitrogen and oxygen atoms in total. The molecule has 1 aliphatic heterocycles. The Hall–Kier alpha value is -2.06. The highest BCUT2D eigenvalue weighted by Crippen LogP contribution is 2.26. The number of amides is 1. The highest BCUT2D eigenvalue weighted by molar-refractivity contribution is 7.92. The Kier molecular flexibility index (Phi) is 5.48. The second-order valence-corrected chi connectivity index (χ2v) is 8.68. The van der Waals surface area contributed by atoms with Crippen molar-refractivity contribution >= 4 is 33.2 Å². The van der Waals surface area contributed by atoms with E-state index < -0.39 is 15.8 Å². The average Bonchev–Trinajstić information content (AvgIpc) is 2.94. The van der Waals surface area contributed by atoms with Crippen molar-refractivity contribution in [2.45, 2.75) is 31.1 Å². The van der Waals surface area contributed by atoms with Gasteiger partial charge in [0, 0.05) is 25.8 Å². The number of sulfonamides is 1. The van der Waals surface area contributed by atoms with Gasteiger partial charge in [-0.1, -0.05) is 11.6 Å². The Labute approximate surface area is 163 Å². The van der Waals surface area contributed by atoms with E-state index in [4.69, 9.17) is 11.6 Å². The van der Waals surface area contributed by atoms with Crippen molar-refractivity contribution in [2.24, 2.45) is 7.05 Å². The number of nitrogens with one attached hydrogen (secondary N) is 1. The summed E-state index contributed by atoms with van der Waals surface area (Å²) in [5.74, 6) is -0.809. The van der Waals surface area contributed by atoms with E-state index in [1.807, 2.05) is 0 Å². The van der Waals surface area contributed by atoms with Crippen LogP contribution in [-0.2, 0) is 17.1 Å². The number of hydrogen-bond acceptors (Lipinski definition) is 3. The molecule has 1 aromatic carbocycles. The van der Waals surface area contributed by atoms with E-state index in [1.54, 1.807) is 23.4 Å². The fourth-order valence-corrected chi connectivity index (χ4v) is 4.70. The van der Waals surface area contributed by atoms with Crippen LogP contribution in [-0.4, -0.2) is 36.9 Å². The molecule has 0 aliphatic carbocycles. The van der Waals surface area contributed by atoms with Crippen molar-refractivity contribution in [3.05, 3.63) is 46.5 Å². The van der Waals surface area contributed by atoms with Gasteiger partial charge in [0.1, 0.15) is 16.4 Å². The standard InChI is InChI=1S/C18H21ClFN3O3S/c1-12-17(27(25,26)21-13-6-7-15(20)14(19)10-13)11-16(22(12)2)18(24)23-8-4-3-5-9-23/h6-7,10-11,21H,3-5,8-9H2,1-2H3. The number of carbonyl (C=O) groups is 1. The molecule has 1 fully saturated rings. The third-order valence-corrected chi connectivity index (χ3v) is 6.60. The van der Waals surface area contributed by atoms with Crippen molar-refractivity contribution in [3.63, 3.8) is 0 Å². The zero-order valence-corrected chi connectivity index (χ0v) is 16.7. The number of nitrogens with zero attached hydrogens (tertiary/aromatic N) is 2. The summed E-state index contributed by atoms with van der Waals surface area (Å²) >= 11 is 5.71. The van der Waals surface area contributed by atoms with Crippen molar-refractivity contribution in [2.75, 3.05) is 17.8 Å². The van der Waals surface area contributed by atoms with Gasteiger partial charge >= 0.3 is 0 Å². The maximum atomic E-state index is 13.3. The molecule has 27 heavy (non-hydrogen) atoms. The summed E-state index contributed by atoms with van der Waals surface area (Å²) in [5, 5.41) is -0.180. The van der Waals surface area contributed by atoms with Crippen LogP contribution in [0.25, 0.3) is 0 Å². The molecule has 0 atom stereocenters. The third-order valence-electron chi connectivity index (χ3n) is 4.81. The van der Waals surface area contributed by atoms with Gasteiger partial charge in [-0.3, -0.25) is 9.52 Å². The van der Waals surface area contributed by atoms with Crippen LogP contribution in [0.5, 0.6) is 0 Å². The molecule has 0 saturated carbocycles. The Bertz CT molecular complexity index is 982. The molecule has 2 aromatic rings. The topological polar surface area (TPSA) is 71.4 Å². The minimum atomic E-state index is -3.96. The number of aromatic nitrogens is 1. The number of hydrogen-bond donors (Lipinski definition) is 1. The molecule has 0 radical (unpaired) electrons. The zero-order chi connectivity index (χ0) is 19.8. The molecule has 146 valence electrons. The van der Waals surface area contributed by atoms with Crippen LogP contribution in [0.2, 0.25) is 5.02 Å². The molecule has 9 heteroatoms. The second kappa shape index (κ2) is 7.52. The van der Waals surface area contributed by atoms with Crippen LogP contribution < -0.4 is 4.72 Å². The molecule has 1 N–H and O–H groups in total. The van der Waals surface area contributed by atoms with E-state index in [9.17, 15) is 17.6 Å². The Morgan fingerprint density at radius 3 is 2.48 bits per heavy atom. The van der Waals surface area contributed by atoms with E-state index in [1.165, 1.54) is 18.2 Å². The van der Waals surface area contributed by atoms with Crippen LogP contribution in [0.3, 0.4) is 0 Å². The van der Waals surface area contributed by atoms with Crippen LogP contribution in [0.1, 0.15) is 35.4 Å². The summed E-state index contributed by atoms with van der Waals surface area (Å²) in [7, 11) is -2.30. The molecule has 0 unspecified atom stereocenters. The zero-order valence-electron chi connectivity index (χ0n) is 15.1. The molecule has 1 aliphatic rings. The lowest BCUT2D eigenvalue weighted by atomic mass is 10.1. The highest BCUT2D eigenvalue weighted by Gasteiger charge is 2.27. The van der Waals surface area contributed by atoms with E-state index >= 15 is 0 Å². The number of piperidine rings is 1. The van der Waals surface area contributed by atoms with E-state index in [2.05, 4.69) is 4.72 Å². The van der Waals surface area contributed by atoms with Crippen LogP contribution in [0, 0.1) is 12.7 Å². The van der Waals surface area contributed by atoms with Crippen molar-refractivity contribution in [1.29, 1.82) is 0 Å². The number of likely N-dealkylation sites (tertiary alicyclic amines) is 1. The van der Waals surface area contributed by atoms with Gasteiger partial charge in [0.25, 0.3) is 15.9 Å². The Morgan fingerprint density at radius 2 is 1.85 bits per heavy atom. The molecule has 1 saturated heterocycles. The number of carbonyl (C=O) groups excluding carboxylic acids is 1. The summed E-state index contributed by atoms with van der Waals surface area (Å²) in [5.41, 5.74) is 0.913. The van der Waals surface area contributed by atoms with Crippen LogP contribution in [0.15, 0.2) is 29.2 Å². The predicted molar refractivity (Wildman–Crippen MR) is 102 cm³/mol. The van der Waals surface area contributed by atoms with Gasteiger partial charge in [-0.25, -0.2) is 12.8 Å². The number of anilines is 1. The first kappa shape index (κ1) is 19.7. The summed E-state index contributed by atoms with van der Waals surface area (Å²) in [4.78, 5) is 14.5. The number of benzene rings is 1. The fourth-order valence-electron chi connectivity index (χ4n) is 3.18. The smallest absolute Gasteiger partial charge is 0.270 e. The summed E-state index contributed by atoms with van der Waals surface area (Å²) in [6.07, 6.45) is 3.00. The Morgan fingerprint density at radius 1 is 1.19 bits per heavy atom. The van der Waals surface area contributed by atoms with Gasteiger partial charge in [0.05, 0.1) is 10.7 Å². The molecular formula is C18H21ClFN3O3S.